The first-order valence-electron chi connectivity index (χ1n) is 8.34. The van der Waals surface area contributed by atoms with E-state index in [-0.39, 0.29) is 4.75 Å². The van der Waals surface area contributed by atoms with Crippen LogP contribution in [0.5, 0.6) is 0 Å². The van der Waals surface area contributed by atoms with Crippen LogP contribution >= 0.6 is 11.9 Å². The van der Waals surface area contributed by atoms with Gasteiger partial charge in [-0.1, -0.05) is 11.9 Å². The number of anilines is 1. The van der Waals surface area contributed by atoms with Gasteiger partial charge in [-0.15, -0.1) is 0 Å². The van der Waals surface area contributed by atoms with Crippen LogP contribution in [0.1, 0.15) is 52.0 Å². The summed E-state index contributed by atoms with van der Waals surface area (Å²) in [5.41, 5.74) is -0.712. The van der Waals surface area contributed by atoms with Crippen LogP contribution in [0.3, 0.4) is 0 Å². The van der Waals surface area contributed by atoms with E-state index in [4.69, 9.17) is 0 Å². The van der Waals surface area contributed by atoms with E-state index in [0.29, 0.717) is 17.8 Å². The van der Waals surface area contributed by atoms with E-state index in [1.807, 2.05) is 0 Å². The molecule has 1 heterocycles. The maximum atomic E-state index is 12.5. The largest absolute Gasteiger partial charge is 0.417 e. The Bertz CT molecular complexity index is 503. The van der Waals surface area contributed by atoms with Crippen molar-refractivity contribution in [1.29, 1.82) is 0 Å². The van der Waals surface area contributed by atoms with Crippen LogP contribution in [0.4, 0.5) is 19.0 Å². The number of aromatic nitrogens is 1. The monoisotopic (exact) mass is 361 g/mol. The fraction of sp³-hybridized carbons (Fsp3) is 0.706. The van der Waals surface area contributed by atoms with Crippen molar-refractivity contribution in [3.8, 4) is 0 Å². The molecular weight excluding hydrogens is 335 g/mol. The van der Waals surface area contributed by atoms with Gasteiger partial charge < -0.3 is 5.32 Å². The molecule has 0 spiro atoms. The Labute approximate surface area is 146 Å². The highest BCUT2D eigenvalue weighted by atomic mass is 32.2. The summed E-state index contributed by atoms with van der Waals surface area (Å²) < 4.78 is 41.3. The first kappa shape index (κ1) is 19.4. The van der Waals surface area contributed by atoms with Crippen molar-refractivity contribution in [2.45, 2.75) is 63.4 Å². The third-order valence-electron chi connectivity index (χ3n) is 4.04. The van der Waals surface area contributed by atoms with Gasteiger partial charge in [-0.2, -0.15) is 13.2 Å². The quantitative estimate of drug-likeness (QED) is 0.715. The highest BCUT2D eigenvalue weighted by Gasteiger charge is 2.30. The van der Waals surface area contributed by atoms with Crippen molar-refractivity contribution in [3.63, 3.8) is 0 Å². The molecule has 136 valence electrons. The summed E-state index contributed by atoms with van der Waals surface area (Å²) in [5.74, 6) is 1.05. The summed E-state index contributed by atoms with van der Waals surface area (Å²) in [7, 11) is 0. The zero-order valence-corrected chi connectivity index (χ0v) is 15.2. The molecule has 0 aliphatic heterocycles. The van der Waals surface area contributed by atoms with E-state index in [1.54, 1.807) is 11.9 Å². The van der Waals surface area contributed by atoms with E-state index >= 15 is 0 Å². The second-order valence-electron chi connectivity index (χ2n) is 7.36. The minimum atomic E-state index is -4.33. The summed E-state index contributed by atoms with van der Waals surface area (Å²) in [6.45, 7) is 7.34. The van der Waals surface area contributed by atoms with Crippen LogP contribution < -0.4 is 10.0 Å². The standard InChI is InChI=1S/C17H26F3N3S/c1-16(2,3)24-23-14-7-4-12(5-8-14)10-21-15-9-6-13(11-22-15)17(18,19)20/h6,9,11-12,14,23H,4-5,7-8,10H2,1-3H3,(H,21,22). The molecule has 1 aliphatic carbocycles. The highest BCUT2D eigenvalue weighted by Crippen LogP contribution is 2.30. The SMILES string of the molecule is CC(C)(C)SNC1CCC(CNc2ccc(C(F)(F)F)cn2)CC1. The van der Waals surface area contributed by atoms with E-state index in [9.17, 15) is 13.2 Å². The minimum Gasteiger partial charge on any atom is -0.370 e. The maximum Gasteiger partial charge on any atom is 0.417 e. The fourth-order valence-electron chi connectivity index (χ4n) is 2.66. The second-order valence-corrected chi connectivity index (χ2v) is 9.03. The van der Waals surface area contributed by atoms with Crippen LogP contribution in [-0.4, -0.2) is 22.3 Å². The van der Waals surface area contributed by atoms with Crippen molar-refractivity contribution in [1.82, 2.24) is 9.71 Å². The van der Waals surface area contributed by atoms with Crippen LogP contribution in [-0.2, 0) is 6.18 Å². The number of pyridine rings is 1. The zero-order valence-electron chi connectivity index (χ0n) is 14.4. The Kier molecular flexibility index (Phi) is 6.42. The summed E-state index contributed by atoms with van der Waals surface area (Å²) in [4.78, 5) is 3.85. The van der Waals surface area contributed by atoms with Gasteiger partial charge in [0.25, 0.3) is 0 Å². The number of nitrogens with zero attached hydrogens (tertiary/aromatic N) is 1. The van der Waals surface area contributed by atoms with E-state index < -0.39 is 11.7 Å². The van der Waals surface area contributed by atoms with Crippen molar-refractivity contribution >= 4 is 17.8 Å². The van der Waals surface area contributed by atoms with E-state index in [2.05, 4.69) is 35.8 Å². The van der Waals surface area contributed by atoms with Gasteiger partial charge in [-0.3, -0.25) is 4.72 Å². The molecular formula is C17H26F3N3S. The molecule has 1 aromatic heterocycles. The van der Waals surface area contributed by atoms with Crippen molar-refractivity contribution in [2.24, 2.45) is 5.92 Å². The Morgan fingerprint density at radius 1 is 1.12 bits per heavy atom. The Balaban J connectivity index is 1.71. The molecule has 1 aromatic rings. The maximum absolute atomic E-state index is 12.5. The molecule has 3 nitrogen and oxygen atoms in total. The smallest absolute Gasteiger partial charge is 0.370 e. The summed E-state index contributed by atoms with van der Waals surface area (Å²) in [5, 5.41) is 3.16. The first-order chi connectivity index (χ1) is 11.1. The average molecular weight is 361 g/mol. The molecule has 24 heavy (non-hydrogen) atoms. The van der Waals surface area contributed by atoms with Crippen LogP contribution in [0.2, 0.25) is 0 Å². The first-order valence-corrected chi connectivity index (χ1v) is 9.16. The third kappa shape index (κ3) is 6.51. The van der Waals surface area contributed by atoms with Crippen molar-refractivity contribution in [3.05, 3.63) is 23.9 Å². The molecule has 0 unspecified atom stereocenters. The molecule has 1 saturated carbocycles. The lowest BCUT2D eigenvalue weighted by Crippen LogP contribution is -2.33. The molecule has 1 fully saturated rings. The summed E-state index contributed by atoms with van der Waals surface area (Å²) in [6, 6.07) is 3.02. The Morgan fingerprint density at radius 3 is 2.29 bits per heavy atom. The Morgan fingerprint density at radius 2 is 1.79 bits per heavy atom. The molecule has 1 aliphatic rings. The number of hydrogen-bond donors (Lipinski definition) is 2. The lowest BCUT2D eigenvalue weighted by atomic mass is 9.86. The molecule has 0 saturated heterocycles. The normalized spacial score (nSPS) is 22.4. The topological polar surface area (TPSA) is 37.0 Å². The predicted octanol–water partition coefficient (Wildman–Crippen LogP) is 5.11. The van der Waals surface area contributed by atoms with Gasteiger partial charge in [-0.05, 0) is 64.5 Å². The van der Waals surface area contributed by atoms with Crippen LogP contribution in [0, 0.1) is 5.92 Å². The zero-order chi connectivity index (χ0) is 17.8. The summed E-state index contributed by atoms with van der Waals surface area (Å²) in [6.07, 6.45) is 1.06. The number of halogens is 3. The molecule has 0 radical (unpaired) electrons. The van der Waals surface area contributed by atoms with Gasteiger partial charge in [-0.25, -0.2) is 4.98 Å². The average Bonchev–Trinajstić information content (AvgIpc) is 2.51. The van der Waals surface area contributed by atoms with Gasteiger partial charge in [0.15, 0.2) is 0 Å². The predicted molar refractivity (Wildman–Crippen MR) is 94.0 cm³/mol. The van der Waals surface area contributed by atoms with Crippen LogP contribution in [0.15, 0.2) is 18.3 Å². The number of nitrogens with one attached hydrogen (secondary N) is 2. The van der Waals surface area contributed by atoms with Gasteiger partial charge in [0.05, 0.1) is 5.56 Å². The number of alkyl halides is 3. The highest BCUT2D eigenvalue weighted by molar-refractivity contribution is 7.98. The van der Waals surface area contributed by atoms with Crippen molar-refractivity contribution in [2.75, 3.05) is 11.9 Å². The molecule has 0 atom stereocenters. The van der Waals surface area contributed by atoms with Crippen molar-refractivity contribution < 1.29 is 13.2 Å². The van der Waals surface area contributed by atoms with E-state index in [1.165, 1.54) is 6.07 Å². The molecule has 0 amide bonds. The molecule has 2 N–H and O–H groups in total. The van der Waals surface area contributed by atoms with Gasteiger partial charge in [0.1, 0.15) is 5.82 Å². The molecule has 0 bridgehead atoms. The van der Waals surface area contributed by atoms with Gasteiger partial charge in [0.2, 0.25) is 0 Å². The molecule has 7 heteroatoms. The lowest BCUT2D eigenvalue weighted by Gasteiger charge is -2.31. The number of rotatable bonds is 5. The second kappa shape index (κ2) is 7.95. The van der Waals surface area contributed by atoms with E-state index in [0.717, 1.165) is 44.5 Å². The van der Waals surface area contributed by atoms with Crippen LogP contribution in [0.25, 0.3) is 0 Å². The molecule has 0 aromatic carbocycles. The number of hydrogen-bond acceptors (Lipinski definition) is 4. The minimum absolute atomic E-state index is 0.215. The fourth-order valence-corrected chi connectivity index (χ4v) is 3.42. The lowest BCUT2D eigenvalue weighted by molar-refractivity contribution is -0.137. The Hall–Kier alpha value is -0.950. The van der Waals surface area contributed by atoms with Gasteiger partial charge in [0, 0.05) is 23.5 Å². The third-order valence-corrected chi connectivity index (χ3v) is 5.10. The van der Waals surface area contributed by atoms with Gasteiger partial charge >= 0.3 is 6.18 Å². The summed E-state index contributed by atoms with van der Waals surface area (Å²) >= 11 is 1.79. The molecule has 2 rings (SSSR count).